The van der Waals surface area contributed by atoms with Crippen LogP contribution in [0.5, 0.6) is 0 Å². The fraction of sp³-hybridized carbons (Fsp3) is 0.391. The van der Waals surface area contributed by atoms with Gasteiger partial charge in [0.15, 0.2) is 0 Å². The van der Waals surface area contributed by atoms with Gasteiger partial charge in [0.2, 0.25) is 0 Å². The predicted octanol–water partition coefficient (Wildman–Crippen LogP) is 3.13. The van der Waals surface area contributed by atoms with Gasteiger partial charge in [0.25, 0.3) is 5.91 Å². The third-order valence-corrected chi connectivity index (χ3v) is 6.22. The van der Waals surface area contributed by atoms with Gasteiger partial charge in [-0.3, -0.25) is 4.79 Å². The Bertz CT molecular complexity index is 974. The standard InChI is InChI=1S/C23H24FN3O2/c24-20-6-5-15(12-21-18-4-2-1-3-16(18)13-25-26-21)11-19(20)23(28)27-9-7-22-17(14-27)8-10-29-22/h1-6,11,17,22,25H,7-10,12-14H2. The summed E-state index contributed by atoms with van der Waals surface area (Å²) in [5.74, 6) is -0.315. The molecule has 0 saturated carbocycles. The highest BCUT2D eigenvalue weighted by atomic mass is 19.1. The summed E-state index contributed by atoms with van der Waals surface area (Å²) in [7, 11) is 0. The molecule has 3 heterocycles. The highest BCUT2D eigenvalue weighted by Gasteiger charge is 2.36. The summed E-state index contributed by atoms with van der Waals surface area (Å²) < 4.78 is 20.3. The lowest BCUT2D eigenvalue weighted by Gasteiger charge is -2.34. The Morgan fingerprint density at radius 3 is 3.07 bits per heavy atom. The second kappa shape index (κ2) is 7.59. The molecule has 2 unspecified atom stereocenters. The fourth-order valence-electron chi connectivity index (χ4n) is 4.64. The zero-order valence-corrected chi connectivity index (χ0v) is 16.2. The highest BCUT2D eigenvalue weighted by Crippen LogP contribution is 2.30. The van der Waals surface area contributed by atoms with Gasteiger partial charge in [-0.05, 0) is 36.1 Å². The SMILES string of the molecule is O=C(c1cc(CC2=NNCc3ccccc32)ccc1F)N1CCC2OCCC2C1. The van der Waals surface area contributed by atoms with Crippen LogP contribution in [0.1, 0.15) is 39.9 Å². The monoisotopic (exact) mass is 393 g/mol. The first-order valence-electron chi connectivity index (χ1n) is 10.3. The summed E-state index contributed by atoms with van der Waals surface area (Å²) in [6.07, 6.45) is 2.61. The Labute approximate surface area is 169 Å². The number of ether oxygens (including phenoxy) is 1. The van der Waals surface area contributed by atoms with Crippen molar-refractivity contribution >= 4 is 11.6 Å². The number of hydrazone groups is 1. The maximum atomic E-state index is 14.5. The molecule has 5 nitrogen and oxygen atoms in total. The summed E-state index contributed by atoms with van der Waals surface area (Å²) >= 11 is 0. The van der Waals surface area contributed by atoms with Crippen molar-refractivity contribution in [1.82, 2.24) is 10.3 Å². The summed E-state index contributed by atoms with van der Waals surface area (Å²) in [6, 6.07) is 13.0. The van der Waals surface area contributed by atoms with E-state index in [9.17, 15) is 9.18 Å². The molecular weight excluding hydrogens is 369 g/mol. The molecule has 0 radical (unpaired) electrons. The molecule has 1 N–H and O–H groups in total. The average molecular weight is 393 g/mol. The van der Waals surface area contributed by atoms with Crippen molar-refractivity contribution in [3.05, 3.63) is 70.5 Å². The number of amides is 1. The third-order valence-electron chi connectivity index (χ3n) is 6.22. The summed E-state index contributed by atoms with van der Waals surface area (Å²) in [5.41, 5.74) is 7.29. The van der Waals surface area contributed by atoms with Crippen molar-refractivity contribution < 1.29 is 13.9 Å². The van der Waals surface area contributed by atoms with Crippen molar-refractivity contribution in [2.24, 2.45) is 11.0 Å². The minimum absolute atomic E-state index is 0.150. The maximum Gasteiger partial charge on any atom is 0.256 e. The second-order valence-electron chi connectivity index (χ2n) is 8.04. The first kappa shape index (κ1) is 18.3. The number of hydrogen-bond donors (Lipinski definition) is 1. The molecule has 2 saturated heterocycles. The number of rotatable bonds is 3. The van der Waals surface area contributed by atoms with E-state index in [-0.39, 0.29) is 17.6 Å². The number of carbonyl (C=O) groups excluding carboxylic acids is 1. The molecule has 5 rings (SSSR count). The van der Waals surface area contributed by atoms with E-state index < -0.39 is 5.82 Å². The zero-order valence-electron chi connectivity index (χ0n) is 16.2. The minimum atomic E-state index is -0.465. The first-order chi connectivity index (χ1) is 14.2. The third kappa shape index (κ3) is 3.53. The van der Waals surface area contributed by atoms with Crippen LogP contribution in [0.4, 0.5) is 4.39 Å². The van der Waals surface area contributed by atoms with Gasteiger partial charge in [-0.25, -0.2) is 4.39 Å². The molecule has 0 spiro atoms. The zero-order chi connectivity index (χ0) is 19.8. The van der Waals surface area contributed by atoms with Crippen molar-refractivity contribution in [1.29, 1.82) is 0 Å². The number of nitrogens with one attached hydrogen (secondary N) is 1. The average Bonchev–Trinajstić information content (AvgIpc) is 3.23. The largest absolute Gasteiger partial charge is 0.378 e. The van der Waals surface area contributed by atoms with Crippen LogP contribution >= 0.6 is 0 Å². The molecule has 3 aliphatic heterocycles. The molecule has 150 valence electrons. The lowest BCUT2D eigenvalue weighted by Crippen LogP contribution is -2.44. The molecule has 2 aromatic rings. The predicted molar refractivity (Wildman–Crippen MR) is 108 cm³/mol. The van der Waals surface area contributed by atoms with Gasteiger partial charge in [0.1, 0.15) is 5.82 Å². The Morgan fingerprint density at radius 1 is 1.24 bits per heavy atom. The number of hydrogen-bond acceptors (Lipinski definition) is 4. The molecule has 2 fully saturated rings. The molecule has 6 heteroatoms. The van der Waals surface area contributed by atoms with Crippen LogP contribution in [0.15, 0.2) is 47.6 Å². The van der Waals surface area contributed by atoms with Gasteiger partial charge in [-0.1, -0.05) is 30.3 Å². The van der Waals surface area contributed by atoms with Crippen molar-refractivity contribution in [3.8, 4) is 0 Å². The van der Waals surface area contributed by atoms with Gasteiger partial charge in [0.05, 0.1) is 23.9 Å². The van der Waals surface area contributed by atoms with E-state index in [2.05, 4.69) is 22.7 Å². The summed E-state index contributed by atoms with van der Waals surface area (Å²) in [5, 5.41) is 4.45. The van der Waals surface area contributed by atoms with Gasteiger partial charge >= 0.3 is 0 Å². The van der Waals surface area contributed by atoms with E-state index in [1.807, 2.05) is 12.1 Å². The topological polar surface area (TPSA) is 53.9 Å². The molecule has 0 bridgehead atoms. The number of likely N-dealkylation sites (tertiary alicyclic amines) is 1. The van der Waals surface area contributed by atoms with Crippen LogP contribution in [0, 0.1) is 11.7 Å². The maximum absolute atomic E-state index is 14.5. The van der Waals surface area contributed by atoms with E-state index in [4.69, 9.17) is 4.74 Å². The summed E-state index contributed by atoms with van der Waals surface area (Å²) in [4.78, 5) is 14.8. The van der Waals surface area contributed by atoms with Gasteiger partial charge in [0, 0.05) is 37.6 Å². The Kier molecular flexibility index (Phi) is 4.79. The molecule has 0 aromatic heterocycles. The van der Waals surface area contributed by atoms with Crippen molar-refractivity contribution in [2.75, 3.05) is 19.7 Å². The van der Waals surface area contributed by atoms with Crippen LogP contribution in [0.25, 0.3) is 0 Å². The van der Waals surface area contributed by atoms with Crippen LogP contribution < -0.4 is 5.43 Å². The Hall–Kier alpha value is -2.73. The van der Waals surface area contributed by atoms with Gasteiger partial charge in [-0.15, -0.1) is 0 Å². The van der Waals surface area contributed by atoms with Crippen LogP contribution in [0.2, 0.25) is 0 Å². The van der Waals surface area contributed by atoms with Crippen LogP contribution in [-0.4, -0.2) is 42.3 Å². The quantitative estimate of drug-likeness (QED) is 0.872. The van der Waals surface area contributed by atoms with E-state index in [1.54, 1.807) is 17.0 Å². The number of nitrogens with zero attached hydrogens (tertiary/aromatic N) is 2. The first-order valence-corrected chi connectivity index (χ1v) is 10.3. The Morgan fingerprint density at radius 2 is 2.14 bits per heavy atom. The summed E-state index contributed by atoms with van der Waals surface area (Å²) in [6.45, 7) is 2.73. The minimum Gasteiger partial charge on any atom is -0.378 e. The van der Waals surface area contributed by atoms with E-state index in [1.165, 1.54) is 11.6 Å². The van der Waals surface area contributed by atoms with E-state index in [0.29, 0.717) is 32.0 Å². The smallest absolute Gasteiger partial charge is 0.256 e. The number of halogens is 1. The number of fused-ring (bicyclic) bond motifs is 2. The molecule has 0 aliphatic carbocycles. The second-order valence-corrected chi connectivity index (χ2v) is 8.04. The van der Waals surface area contributed by atoms with Gasteiger partial charge < -0.3 is 15.1 Å². The lowest BCUT2D eigenvalue weighted by molar-refractivity contribution is 0.0304. The molecule has 3 aliphatic rings. The number of benzene rings is 2. The Balaban J connectivity index is 1.36. The van der Waals surface area contributed by atoms with Gasteiger partial charge in [-0.2, -0.15) is 5.10 Å². The molecule has 2 atom stereocenters. The highest BCUT2D eigenvalue weighted by molar-refractivity contribution is 6.03. The molecular formula is C23H24FN3O2. The van der Waals surface area contributed by atoms with Crippen molar-refractivity contribution in [2.45, 2.75) is 31.9 Å². The van der Waals surface area contributed by atoms with E-state index in [0.717, 1.165) is 36.3 Å². The lowest BCUT2D eigenvalue weighted by atomic mass is 9.93. The molecule has 29 heavy (non-hydrogen) atoms. The molecule has 2 aromatic carbocycles. The van der Waals surface area contributed by atoms with Crippen LogP contribution in [-0.2, 0) is 17.7 Å². The van der Waals surface area contributed by atoms with Crippen molar-refractivity contribution in [3.63, 3.8) is 0 Å². The number of carbonyl (C=O) groups is 1. The van der Waals surface area contributed by atoms with Crippen LogP contribution in [0.3, 0.4) is 0 Å². The normalized spacial score (nSPS) is 23.1. The number of piperidine rings is 1. The molecule has 1 amide bonds. The van der Waals surface area contributed by atoms with E-state index >= 15 is 0 Å². The fourth-order valence-corrected chi connectivity index (χ4v) is 4.64.